The summed E-state index contributed by atoms with van der Waals surface area (Å²) in [7, 11) is -0.924. The van der Waals surface area contributed by atoms with Crippen molar-refractivity contribution < 1.29 is 18.9 Å². The maximum absolute atomic E-state index is 11.2. The van der Waals surface area contributed by atoms with Gasteiger partial charge in [0.05, 0.1) is 0 Å². The van der Waals surface area contributed by atoms with Crippen LogP contribution >= 0.6 is 0 Å². The summed E-state index contributed by atoms with van der Waals surface area (Å²) in [6.07, 6.45) is 1.98. The number of carboxylic acids is 1. The summed E-state index contributed by atoms with van der Waals surface area (Å²) in [6, 6.07) is -0.549. The second-order valence-corrected chi connectivity index (χ2v) is 5.07. The molecule has 0 aliphatic heterocycles. The SMILES string of the molecule is CC(CCC(=O)O)NC(=O)NCCS(C)=O. The van der Waals surface area contributed by atoms with Crippen molar-refractivity contribution in [2.24, 2.45) is 0 Å². The number of aliphatic carboxylic acids is 1. The first-order chi connectivity index (χ1) is 7.41. The number of nitrogens with one attached hydrogen (secondary N) is 2. The van der Waals surface area contributed by atoms with Crippen LogP contribution in [-0.4, -0.2) is 45.9 Å². The number of carbonyl (C=O) groups is 2. The lowest BCUT2D eigenvalue weighted by molar-refractivity contribution is -0.137. The second-order valence-electron chi connectivity index (χ2n) is 3.51. The normalized spacial score (nSPS) is 13.9. The zero-order valence-electron chi connectivity index (χ0n) is 9.49. The molecule has 0 aliphatic rings. The molecule has 0 aliphatic carbocycles. The molecule has 0 aromatic rings. The highest BCUT2D eigenvalue weighted by Crippen LogP contribution is 1.95. The Balaban J connectivity index is 3.61. The van der Waals surface area contributed by atoms with Crippen molar-refractivity contribution >= 4 is 22.8 Å². The van der Waals surface area contributed by atoms with E-state index in [9.17, 15) is 13.8 Å². The largest absolute Gasteiger partial charge is 0.481 e. The van der Waals surface area contributed by atoms with Crippen LogP contribution in [-0.2, 0) is 15.6 Å². The zero-order valence-corrected chi connectivity index (χ0v) is 10.3. The van der Waals surface area contributed by atoms with E-state index in [4.69, 9.17) is 5.11 Å². The fourth-order valence-corrected chi connectivity index (χ4v) is 1.38. The zero-order chi connectivity index (χ0) is 12.6. The van der Waals surface area contributed by atoms with Gasteiger partial charge in [0.25, 0.3) is 0 Å². The van der Waals surface area contributed by atoms with E-state index in [1.165, 1.54) is 0 Å². The minimum atomic E-state index is -0.924. The van der Waals surface area contributed by atoms with Crippen LogP contribution in [0.15, 0.2) is 0 Å². The summed E-state index contributed by atoms with van der Waals surface area (Å²) in [5.41, 5.74) is 0. The summed E-state index contributed by atoms with van der Waals surface area (Å²) in [4.78, 5) is 21.5. The number of hydrogen-bond donors (Lipinski definition) is 3. The van der Waals surface area contributed by atoms with Crippen molar-refractivity contribution in [3.05, 3.63) is 0 Å². The Morgan fingerprint density at radius 1 is 1.44 bits per heavy atom. The Hall–Kier alpha value is -1.11. The third-order valence-electron chi connectivity index (χ3n) is 1.84. The lowest BCUT2D eigenvalue weighted by Gasteiger charge is -2.13. The van der Waals surface area contributed by atoms with Gasteiger partial charge in [-0.1, -0.05) is 0 Å². The van der Waals surface area contributed by atoms with Crippen LogP contribution in [0.2, 0.25) is 0 Å². The molecular weight excluding hydrogens is 232 g/mol. The third-order valence-corrected chi connectivity index (χ3v) is 2.62. The van der Waals surface area contributed by atoms with Gasteiger partial charge in [0.2, 0.25) is 0 Å². The highest BCUT2D eigenvalue weighted by Gasteiger charge is 2.08. The van der Waals surface area contributed by atoms with Crippen LogP contribution in [0.4, 0.5) is 4.79 Å². The molecule has 0 heterocycles. The predicted molar refractivity (Wildman–Crippen MR) is 61.8 cm³/mol. The first kappa shape index (κ1) is 14.9. The maximum atomic E-state index is 11.2. The summed E-state index contributed by atoms with van der Waals surface area (Å²) in [5.74, 6) is -0.466. The molecule has 0 radical (unpaired) electrons. The fourth-order valence-electron chi connectivity index (χ4n) is 0.995. The standard InChI is InChI=1S/C9H18N2O4S/c1-7(3-4-8(12)13)11-9(14)10-5-6-16(2)15/h7H,3-6H2,1-2H3,(H,12,13)(H2,10,11,14). The highest BCUT2D eigenvalue weighted by atomic mass is 32.2. The Bertz CT molecular complexity index is 270. The van der Waals surface area contributed by atoms with Crippen LogP contribution in [0.25, 0.3) is 0 Å². The van der Waals surface area contributed by atoms with Crippen LogP contribution in [0.1, 0.15) is 19.8 Å². The molecule has 2 unspecified atom stereocenters. The van der Waals surface area contributed by atoms with E-state index in [0.29, 0.717) is 18.7 Å². The van der Waals surface area contributed by atoms with Gasteiger partial charge in [-0.2, -0.15) is 0 Å². The minimum Gasteiger partial charge on any atom is -0.481 e. The Labute approximate surface area is 97.3 Å². The number of amides is 2. The third kappa shape index (κ3) is 9.45. The second kappa shape index (κ2) is 8.09. The number of carbonyl (C=O) groups excluding carboxylic acids is 1. The van der Waals surface area contributed by atoms with Gasteiger partial charge in [0, 0.05) is 41.8 Å². The van der Waals surface area contributed by atoms with E-state index >= 15 is 0 Å². The van der Waals surface area contributed by atoms with Crippen molar-refractivity contribution in [1.82, 2.24) is 10.6 Å². The van der Waals surface area contributed by atoms with Gasteiger partial charge in [0.15, 0.2) is 0 Å². The van der Waals surface area contributed by atoms with Gasteiger partial charge in [-0.05, 0) is 13.3 Å². The topological polar surface area (TPSA) is 95.5 Å². The molecule has 0 rings (SSSR count). The molecule has 0 aromatic heterocycles. The van der Waals surface area contributed by atoms with Crippen LogP contribution in [0.5, 0.6) is 0 Å². The molecule has 6 nitrogen and oxygen atoms in total. The quantitative estimate of drug-likeness (QED) is 0.589. The molecule has 3 N–H and O–H groups in total. The van der Waals surface area contributed by atoms with Crippen molar-refractivity contribution in [3.8, 4) is 0 Å². The summed E-state index contributed by atoms with van der Waals surface area (Å²) in [5, 5.41) is 13.6. The smallest absolute Gasteiger partial charge is 0.315 e. The van der Waals surface area contributed by atoms with Crippen molar-refractivity contribution in [1.29, 1.82) is 0 Å². The minimum absolute atomic E-state index is 0.0282. The number of hydrogen-bond acceptors (Lipinski definition) is 3. The first-order valence-corrected chi connectivity index (χ1v) is 6.70. The number of carboxylic acid groups (broad SMARTS) is 1. The lowest BCUT2D eigenvalue weighted by Crippen LogP contribution is -2.42. The van der Waals surface area contributed by atoms with E-state index in [2.05, 4.69) is 10.6 Å². The average molecular weight is 250 g/mol. The van der Waals surface area contributed by atoms with Gasteiger partial charge in [-0.3, -0.25) is 9.00 Å². The first-order valence-electron chi connectivity index (χ1n) is 4.98. The number of urea groups is 1. The molecule has 7 heteroatoms. The van der Waals surface area contributed by atoms with Crippen LogP contribution in [0, 0.1) is 0 Å². The number of rotatable bonds is 7. The van der Waals surface area contributed by atoms with Crippen molar-refractivity contribution in [2.45, 2.75) is 25.8 Å². The van der Waals surface area contributed by atoms with Crippen molar-refractivity contribution in [2.75, 3.05) is 18.6 Å². The molecule has 2 atom stereocenters. The van der Waals surface area contributed by atoms with Gasteiger partial charge >= 0.3 is 12.0 Å². The molecule has 0 saturated heterocycles. The molecule has 0 aromatic carbocycles. The molecule has 0 spiro atoms. The monoisotopic (exact) mass is 250 g/mol. The molecule has 0 bridgehead atoms. The maximum Gasteiger partial charge on any atom is 0.315 e. The Kier molecular flexibility index (Phi) is 7.53. The van der Waals surface area contributed by atoms with Crippen LogP contribution in [0.3, 0.4) is 0 Å². The summed E-state index contributed by atoms with van der Waals surface area (Å²) in [6.45, 7) is 2.08. The fraction of sp³-hybridized carbons (Fsp3) is 0.778. The molecule has 94 valence electrons. The predicted octanol–water partition coefficient (Wildman–Crippen LogP) is -0.0826. The van der Waals surface area contributed by atoms with Gasteiger partial charge < -0.3 is 15.7 Å². The molecule has 2 amide bonds. The summed E-state index contributed by atoms with van der Waals surface area (Å²) >= 11 is 0. The summed E-state index contributed by atoms with van der Waals surface area (Å²) < 4.78 is 10.7. The van der Waals surface area contributed by atoms with E-state index in [1.807, 2.05) is 0 Å². The van der Waals surface area contributed by atoms with Gasteiger partial charge in [0.1, 0.15) is 0 Å². The van der Waals surface area contributed by atoms with Crippen molar-refractivity contribution in [3.63, 3.8) is 0 Å². The van der Waals surface area contributed by atoms with Crippen LogP contribution < -0.4 is 10.6 Å². The molecule has 16 heavy (non-hydrogen) atoms. The molecular formula is C9H18N2O4S. The van der Waals surface area contributed by atoms with E-state index in [-0.39, 0.29) is 18.5 Å². The highest BCUT2D eigenvalue weighted by molar-refractivity contribution is 7.84. The molecule has 0 fully saturated rings. The Morgan fingerprint density at radius 2 is 2.06 bits per heavy atom. The van der Waals surface area contributed by atoms with Gasteiger partial charge in [-0.25, -0.2) is 4.79 Å². The van der Waals surface area contributed by atoms with E-state index < -0.39 is 16.8 Å². The Morgan fingerprint density at radius 3 is 2.56 bits per heavy atom. The lowest BCUT2D eigenvalue weighted by atomic mass is 10.2. The van der Waals surface area contributed by atoms with Gasteiger partial charge in [-0.15, -0.1) is 0 Å². The average Bonchev–Trinajstić information content (AvgIpc) is 2.14. The van der Waals surface area contributed by atoms with E-state index in [1.54, 1.807) is 13.2 Å². The van der Waals surface area contributed by atoms with E-state index in [0.717, 1.165) is 0 Å². The molecule has 0 saturated carbocycles.